The van der Waals surface area contributed by atoms with E-state index in [1.165, 1.54) is 12.1 Å². The van der Waals surface area contributed by atoms with Gasteiger partial charge in [-0.3, -0.25) is 9.48 Å². The second-order valence-electron chi connectivity index (χ2n) is 8.10. The number of carbonyl (C=O) groups is 1. The van der Waals surface area contributed by atoms with Gasteiger partial charge in [-0.2, -0.15) is 5.10 Å². The average Bonchev–Trinajstić information content (AvgIpc) is 3.38. The van der Waals surface area contributed by atoms with E-state index in [4.69, 9.17) is 0 Å². The highest BCUT2D eigenvalue weighted by atomic mass is 19.4. The number of hydrogen-bond acceptors (Lipinski definition) is 4. The van der Waals surface area contributed by atoms with Gasteiger partial charge < -0.3 is 15.0 Å². The average molecular weight is 436 g/mol. The fourth-order valence-corrected chi connectivity index (χ4v) is 4.48. The number of likely N-dealkylation sites (tertiary alicyclic amines) is 1. The second kappa shape index (κ2) is 8.90. The van der Waals surface area contributed by atoms with E-state index in [2.05, 4.69) is 15.2 Å². The quantitative estimate of drug-likeness (QED) is 0.751. The van der Waals surface area contributed by atoms with Crippen LogP contribution in [0.2, 0.25) is 0 Å². The highest BCUT2D eigenvalue weighted by Crippen LogP contribution is 2.28. The standard InChI is InChI=1S/C22H27F3N4O2/c1-2-29-19-9-8-16(13-18(19)20(27-29)21(30)28-10-3-4-11-28)26-14-15-6-5-7-17(12-15)31-22(23,24)25/h5-7,12,16,26H,2-4,8-11,13-14H2,1H3/t16-/m1/s1. The highest BCUT2D eigenvalue weighted by molar-refractivity contribution is 5.94. The van der Waals surface area contributed by atoms with Crippen molar-refractivity contribution < 1.29 is 22.7 Å². The molecule has 1 fully saturated rings. The van der Waals surface area contributed by atoms with Crippen molar-refractivity contribution in [2.24, 2.45) is 0 Å². The van der Waals surface area contributed by atoms with Crippen molar-refractivity contribution >= 4 is 5.91 Å². The van der Waals surface area contributed by atoms with Gasteiger partial charge in [-0.05, 0) is 56.7 Å². The molecule has 1 aliphatic carbocycles. The first-order valence-corrected chi connectivity index (χ1v) is 10.8. The van der Waals surface area contributed by atoms with Gasteiger partial charge in [-0.15, -0.1) is 13.2 Å². The lowest BCUT2D eigenvalue weighted by Gasteiger charge is -2.25. The van der Waals surface area contributed by atoms with Crippen molar-refractivity contribution in [3.8, 4) is 5.75 Å². The van der Waals surface area contributed by atoms with Crippen molar-refractivity contribution in [1.82, 2.24) is 20.0 Å². The summed E-state index contributed by atoms with van der Waals surface area (Å²) < 4.78 is 43.3. The van der Waals surface area contributed by atoms with Gasteiger partial charge >= 0.3 is 6.36 Å². The molecule has 0 saturated carbocycles. The molecule has 31 heavy (non-hydrogen) atoms. The minimum Gasteiger partial charge on any atom is -0.406 e. The predicted octanol–water partition coefficient (Wildman–Crippen LogP) is 3.68. The molecule has 2 heterocycles. The molecule has 0 bridgehead atoms. The normalized spacial score (nSPS) is 18.8. The van der Waals surface area contributed by atoms with E-state index < -0.39 is 6.36 Å². The summed E-state index contributed by atoms with van der Waals surface area (Å²) in [5.41, 5.74) is 3.41. The van der Waals surface area contributed by atoms with Crippen molar-refractivity contribution in [3.05, 3.63) is 46.8 Å². The third kappa shape index (κ3) is 5.03. The molecule has 1 saturated heterocycles. The molecule has 1 aromatic carbocycles. The molecule has 1 amide bonds. The smallest absolute Gasteiger partial charge is 0.406 e. The molecular weight excluding hydrogens is 409 g/mol. The Labute approximate surface area is 179 Å². The zero-order chi connectivity index (χ0) is 22.0. The summed E-state index contributed by atoms with van der Waals surface area (Å²) in [5.74, 6) is -0.209. The van der Waals surface area contributed by atoms with E-state index in [0.717, 1.165) is 56.6 Å². The lowest BCUT2D eigenvalue weighted by Crippen LogP contribution is -2.35. The van der Waals surface area contributed by atoms with Crippen LogP contribution in [0, 0.1) is 0 Å². The van der Waals surface area contributed by atoms with Crippen molar-refractivity contribution in [2.75, 3.05) is 13.1 Å². The molecule has 9 heteroatoms. The number of nitrogens with zero attached hydrogens (tertiary/aromatic N) is 3. The maximum absolute atomic E-state index is 13.0. The van der Waals surface area contributed by atoms with E-state index in [1.807, 2.05) is 16.5 Å². The zero-order valence-electron chi connectivity index (χ0n) is 17.5. The van der Waals surface area contributed by atoms with Crippen LogP contribution in [0.4, 0.5) is 13.2 Å². The Balaban J connectivity index is 1.44. The monoisotopic (exact) mass is 436 g/mol. The van der Waals surface area contributed by atoms with Crippen LogP contribution in [0.5, 0.6) is 5.75 Å². The summed E-state index contributed by atoms with van der Waals surface area (Å²) >= 11 is 0. The second-order valence-corrected chi connectivity index (χ2v) is 8.10. The summed E-state index contributed by atoms with van der Waals surface area (Å²) in [4.78, 5) is 14.9. The number of benzene rings is 1. The summed E-state index contributed by atoms with van der Waals surface area (Å²) in [6.45, 7) is 4.74. The van der Waals surface area contributed by atoms with Crippen LogP contribution in [0.15, 0.2) is 24.3 Å². The molecule has 0 radical (unpaired) electrons. The van der Waals surface area contributed by atoms with Gasteiger partial charge in [0.1, 0.15) is 5.75 Å². The molecule has 1 N–H and O–H groups in total. The molecule has 1 aromatic heterocycles. The van der Waals surface area contributed by atoms with Gasteiger partial charge in [-0.1, -0.05) is 12.1 Å². The van der Waals surface area contributed by atoms with Gasteiger partial charge in [0, 0.05) is 43.5 Å². The van der Waals surface area contributed by atoms with Crippen LogP contribution in [0.1, 0.15) is 53.5 Å². The Bertz CT molecular complexity index is 935. The number of amides is 1. The van der Waals surface area contributed by atoms with Gasteiger partial charge in [0.05, 0.1) is 0 Å². The molecule has 4 rings (SSSR count). The Kier molecular flexibility index (Phi) is 6.22. The van der Waals surface area contributed by atoms with Crippen LogP contribution in [-0.4, -0.2) is 46.1 Å². The van der Waals surface area contributed by atoms with Crippen molar-refractivity contribution in [2.45, 2.75) is 64.5 Å². The van der Waals surface area contributed by atoms with Crippen LogP contribution in [0.3, 0.4) is 0 Å². The van der Waals surface area contributed by atoms with E-state index in [-0.39, 0.29) is 17.7 Å². The van der Waals surface area contributed by atoms with Crippen LogP contribution in [0.25, 0.3) is 0 Å². The minimum atomic E-state index is -4.70. The molecular formula is C22H27F3N4O2. The summed E-state index contributed by atoms with van der Waals surface area (Å²) in [5, 5.41) is 8.06. The number of fused-ring (bicyclic) bond motifs is 1. The van der Waals surface area contributed by atoms with E-state index >= 15 is 0 Å². The number of ether oxygens (including phenoxy) is 1. The summed E-state index contributed by atoms with van der Waals surface area (Å²) in [6.07, 6.45) is -0.257. The van der Waals surface area contributed by atoms with Crippen LogP contribution in [-0.2, 0) is 25.9 Å². The molecule has 1 atom stereocenters. The van der Waals surface area contributed by atoms with Gasteiger partial charge in [0.25, 0.3) is 5.91 Å². The highest BCUT2D eigenvalue weighted by Gasteiger charge is 2.32. The van der Waals surface area contributed by atoms with Crippen molar-refractivity contribution in [1.29, 1.82) is 0 Å². The molecule has 2 aliphatic rings. The Morgan fingerprint density at radius 3 is 2.77 bits per heavy atom. The fourth-order valence-electron chi connectivity index (χ4n) is 4.48. The number of halogens is 3. The first kappa shape index (κ1) is 21.7. The zero-order valence-corrected chi connectivity index (χ0v) is 17.5. The number of nitrogens with one attached hydrogen (secondary N) is 1. The summed E-state index contributed by atoms with van der Waals surface area (Å²) in [7, 11) is 0. The van der Waals surface area contributed by atoms with Gasteiger partial charge in [-0.25, -0.2) is 0 Å². The number of aromatic nitrogens is 2. The number of carbonyl (C=O) groups excluding carboxylic acids is 1. The van der Waals surface area contributed by atoms with E-state index in [1.54, 1.807) is 12.1 Å². The summed E-state index contributed by atoms with van der Waals surface area (Å²) in [6, 6.07) is 6.13. The molecule has 2 aromatic rings. The molecule has 168 valence electrons. The molecule has 0 unspecified atom stereocenters. The number of alkyl halides is 3. The number of aryl methyl sites for hydroxylation is 1. The first-order valence-electron chi connectivity index (χ1n) is 10.8. The van der Waals surface area contributed by atoms with Crippen molar-refractivity contribution in [3.63, 3.8) is 0 Å². The van der Waals surface area contributed by atoms with Crippen LogP contribution < -0.4 is 10.1 Å². The topological polar surface area (TPSA) is 59.4 Å². The number of hydrogen-bond donors (Lipinski definition) is 1. The molecule has 0 spiro atoms. The molecule has 1 aliphatic heterocycles. The van der Waals surface area contributed by atoms with E-state index in [0.29, 0.717) is 24.2 Å². The van der Waals surface area contributed by atoms with Gasteiger partial charge in [0.15, 0.2) is 5.69 Å². The lowest BCUT2D eigenvalue weighted by atomic mass is 9.91. The first-order chi connectivity index (χ1) is 14.8. The maximum atomic E-state index is 13.0. The SMILES string of the molecule is CCn1nc(C(=O)N2CCCC2)c2c1CC[C@@H](NCc1cccc(OC(F)(F)F)c1)C2. The molecule has 6 nitrogen and oxygen atoms in total. The third-order valence-corrected chi connectivity index (χ3v) is 5.97. The van der Waals surface area contributed by atoms with Gasteiger partial charge in [0.2, 0.25) is 0 Å². The minimum absolute atomic E-state index is 0.0126. The van der Waals surface area contributed by atoms with E-state index in [9.17, 15) is 18.0 Å². The Morgan fingerprint density at radius 2 is 2.06 bits per heavy atom. The maximum Gasteiger partial charge on any atom is 0.573 e. The Hall–Kier alpha value is -2.55. The fraction of sp³-hybridized carbons (Fsp3) is 0.545. The Morgan fingerprint density at radius 1 is 1.29 bits per heavy atom. The number of rotatable bonds is 6. The lowest BCUT2D eigenvalue weighted by molar-refractivity contribution is -0.274. The largest absolute Gasteiger partial charge is 0.573 e. The predicted molar refractivity (Wildman–Crippen MR) is 109 cm³/mol. The van der Waals surface area contributed by atoms with Crippen LogP contribution >= 0.6 is 0 Å². The third-order valence-electron chi connectivity index (χ3n) is 5.97.